The van der Waals surface area contributed by atoms with Gasteiger partial charge in [-0.15, -0.1) is 0 Å². The number of aliphatic hydroxyl groups is 1. The van der Waals surface area contributed by atoms with Crippen molar-refractivity contribution in [1.82, 2.24) is 4.90 Å². The van der Waals surface area contributed by atoms with Gasteiger partial charge in [-0.05, 0) is 17.7 Å². The fraction of sp³-hybridized carbons (Fsp3) is 0.364. The fourth-order valence-corrected chi connectivity index (χ4v) is 1.65. The molecule has 1 saturated heterocycles. The van der Waals surface area contributed by atoms with Crippen molar-refractivity contribution in [3.8, 4) is 0 Å². The molecule has 1 amide bonds. The maximum Gasteiger partial charge on any atom is 0.227 e. The first-order valence-electron chi connectivity index (χ1n) is 4.95. The summed E-state index contributed by atoms with van der Waals surface area (Å²) in [6.45, 7) is 0.919. The van der Waals surface area contributed by atoms with Crippen LogP contribution >= 0.6 is 0 Å². The quantitative estimate of drug-likeness (QED) is 0.670. The van der Waals surface area contributed by atoms with Gasteiger partial charge in [0.15, 0.2) is 0 Å². The Bertz CT molecular complexity index is 373. The number of benzene rings is 1. The van der Waals surface area contributed by atoms with Gasteiger partial charge < -0.3 is 15.7 Å². The molecule has 0 bridgehead atoms. The topological polar surface area (TPSA) is 66.6 Å². The van der Waals surface area contributed by atoms with Gasteiger partial charge in [-0.25, -0.2) is 0 Å². The molecular weight excluding hydrogens is 192 g/mol. The largest absolute Gasteiger partial charge is 0.399 e. The molecule has 3 N–H and O–H groups in total. The van der Waals surface area contributed by atoms with E-state index in [0.29, 0.717) is 25.2 Å². The molecule has 0 radical (unpaired) electrons. The van der Waals surface area contributed by atoms with Crippen molar-refractivity contribution in [2.45, 2.75) is 12.5 Å². The average Bonchev–Trinajstić information content (AvgIpc) is 2.13. The van der Waals surface area contributed by atoms with Crippen LogP contribution in [-0.4, -0.2) is 35.1 Å². The standard InChI is InChI=1S/C11H14N2O2/c12-9-3-1-2-8(4-9)5-11(15)13-6-10(14)7-13/h1-4,10,14H,5-7,12H2. The summed E-state index contributed by atoms with van der Waals surface area (Å²) in [5, 5.41) is 9.06. The second-order valence-corrected chi connectivity index (χ2v) is 3.87. The molecule has 1 aliphatic rings. The summed E-state index contributed by atoms with van der Waals surface area (Å²) < 4.78 is 0. The second-order valence-electron chi connectivity index (χ2n) is 3.87. The third kappa shape index (κ3) is 2.27. The van der Waals surface area contributed by atoms with Gasteiger partial charge in [0, 0.05) is 18.8 Å². The number of carbonyl (C=O) groups is 1. The number of hydrogen-bond acceptors (Lipinski definition) is 3. The molecule has 0 aromatic heterocycles. The fourth-order valence-electron chi connectivity index (χ4n) is 1.65. The number of nitrogens with zero attached hydrogens (tertiary/aromatic N) is 1. The van der Waals surface area contributed by atoms with E-state index in [4.69, 9.17) is 10.8 Å². The van der Waals surface area contributed by atoms with Crippen molar-refractivity contribution in [3.05, 3.63) is 29.8 Å². The first kappa shape index (κ1) is 9.98. The van der Waals surface area contributed by atoms with Gasteiger partial charge in [-0.3, -0.25) is 4.79 Å². The third-order valence-corrected chi connectivity index (χ3v) is 2.52. The first-order chi connectivity index (χ1) is 7.15. The number of amides is 1. The Balaban J connectivity index is 1.94. The molecular formula is C11H14N2O2. The predicted molar refractivity (Wildman–Crippen MR) is 57.1 cm³/mol. The highest BCUT2D eigenvalue weighted by Crippen LogP contribution is 2.12. The molecule has 0 aliphatic carbocycles. The van der Waals surface area contributed by atoms with E-state index in [1.54, 1.807) is 17.0 Å². The van der Waals surface area contributed by atoms with Crippen LogP contribution in [-0.2, 0) is 11.2 Å². The highest BCUT2D eigenvalue weighted by atomic mass is 16.3. The molecule has 1 aliphatic heterocycles. The summed E-state index contributed by atoms with van der Waals surface area (Å²) in [5.41, 5.74) is 7.20. The van der Waals surface area contributed by atoms with E-state index >= 15 is 0 Å². The molecule has 2 rings (SSSR count). The SMILES string of the molecule is Nc1cccc(CC(=O)N2CC(O)C2)c1. The van der Waals surface area contributed by atoms with Crippen LogP contribution in [0.25, 0.3) is 0 Å². The molecule has 4 heteroatoms. The van der Waals surface area contributed by atoms with Crippen LogP contribution in [0, 0.1) is 0 Å². The Labute approximate surface area is 88.3 Å². The van der Waals surface area contributed by atoms with Gasteiger partial charge in [-0.2, -0.15) is 0 Å². The molecule has 15 heavy (non-hydrogen) atoms. The van der Waals surface area contributed by atoms with Gasteiger partial charge in [-0.1, -0.05) is 12.1 Å². The van der Waals surface area contributed by atoms with E-state index in [-0.39, 0.29) is 12.0 Å². The van der Waals surface area contributed by atoms with E-state index in [1.807, 2.05) is 12.1 Å². The molecule has 0 spiro atoms. The van der Waals surface area contributed by atoms with Crippen LogP contribution in [0.15, 0.2) is 24.3 Å². The number of hydrogen-bond donors (Lipinski definition) is 2. The summed E-state index contributed by atoms with van der Waals surface area (Å²) in [4.78, 5) is 13.3. The van der Waals surface area contributed by atoms with Crippen LogP contribution in [0.1, 0.15) is 5.56 Å². The van der Waals surface area contributed by atoms with Crippen molar-refractivity contribution in [2.75, 3.05) is 18.8 Å². The Morgan fingerprint density at radius 3 is 2.87 bits per heavy atom. The van der Waals surface area contributed by atoms with Gasteiger partial charge in [0.05, 0.1) is 12.5 Å². The molecule has 4 nitrogen and oxygen atoms in total. The van der Waals surface area contributed by atoms with Crippen LogP contribution in [0.4, 0.5) is 5.69 Å². The van der Waals surface area contributed by atoms with Gasteiger partial charge in [0.25, 0.3) is 0 Å². The highest BCUT2D eigenvalue weighted by molar-refractivity contribution is 5.79. The summed E-state index contributed by atoms with van der Waals surface area (Å²) in [5.74, 6) is 0.0471. The molecule has 1 aromatic carbocycles. The second kappa shape index (κ2) is 3.90. The van der Waals surface area contributed by atoms with E-state index in [2.05, 4.69) is 0 Å². The molecule has 1 aromatic rings. The first-order valence-corrected chi connectivity index (χ1v) is 4.95. The number of nitrogen functional groups attached to an aromatic ring is 1. The van der Waals surface area contributed by atoms with Crippen molar-refractivity contribution < 1.29 is 9.90 Å². The maximum absolute atomic E-state index is 11.6. The van der Waals surface area contributed by atoms with E-state index in [0.717, 1.165) is 5.56 Å². The van der Waals surface area contributed by atoms with Crippen molar-refractivity contribution in [3.63, 3.8) is 0 Å². The Morgan fingerprint density at radius 1 is 1.53 bits per heavy atom. The number of nitrogens with two attached hydrogens (primary N) is 1. The lowest BCUT2D eigenvalue weighted by Crippen LogP contribution is -2.53. The summed E-state index contributed by atoms with van der Waals surface area (Å²) in [7, 11) is 0. The lowest BCUT2D eigenvalue weighted by atomic mass is 10.1. The van der Waals surface area contributed by atoms with Crippen molar-refractivity contribution in [1.29, 1.82) is 0 Å². The third-order valence-electron chi connectivity index (χ3n) is 2.52. The number of rotatable bonds is 2. The van der Waals surface area contributed by atoms with Gasteiger partial charge in [0.2, 0.25) is 5.91 Å². The molecule has 0 atom stereocenters. The van der Waals surface area contributed by atoms with Crippen LogP contribution in [0.3, 0.4) is 0 Å². The molecule has 0 saturated carbocycles. The minimum Gasteiger partial charge on any atom is -0.399 e. The number of aliphatic hydroxyl groups excluding tert-OH is 1. The monoisotopic (exact) mass is 206 g/mol. The predicted octanol–water partition coefficient (Wildman–Crippen LogP) is 0.0144. The van der Waals surface area contributed by atoms with E-state index in [1.165, 1.54) is 0 Å². The van der Waals surface area contributed by atoms with Crippen LogP contribution < -0.4 is 5.73 Å². The minimum absolute atomic E-state index is 0.0471. The highest BCUT2D eigenvalue weighted by Gasteiger charge is 2.28. The molecule has 1 heterocycles. The van der Waals surface area contributed by atoms with Crippen molar-refractivity contribution in [2.24, 2.45) is 0 Å². The smallest absolute Gasteiger partial charge is 0.227 e. The van der Waals surface area contributed by atoms with Crippen molar-refractivity contribution >= 4 is 11.6 Å². The van der Waals surface area contributed by atoms with Crippen LogP contribution in [0.5, 0.6) is 0 Å². The number of anilines is 1. The number of carbonyl (C=O) groups excluding carboxylic acids is 1. The molecule has 0 unspecified atom stereocenters. The summed E-state index contributed by atoms with van der Waals surface area (Å²) >= 11 is 0. The molecule has 80 valence electrons. The van der Waals surface area contributed by atoms with Gasteiger partial charge >= 0.3 is 0 Å². The summed E-state index contributed by atoms with van der Waals surface area (Å²) in [6.07, 6.45) is 0.0207. The lowest BCUT2D eigenvalue weighted by molar-refractivity contribution is -0.140. The Morgan fingerprint density at radius 2 is 2.27 bits per heavy atom. The average molecular weight is 206 g/mol. The molecule has 1 fully saturated rings. The van der Waals surface area contributed by atoms with Gasteiger partial charge in [0.1, 0.15) is 0 Å². The zero-order valence-corrected chi connectivity index (χ0v) is 8.39. The summed E-state index contributed by atoms with van der Waals surface area (Å²) in [6, 6.07) is 7.31. The Hall–Kier alpha value is -1.55. The zero-order valence-electron chi connectivity index (χ0n) is 8.39. The Kier molecular flexibility index (Phi) is 2.60. The van der Waals surface area contributed by atoms with E-state index < -0.39 is 0 Å². The maximum atomic E-state index is 11.6. The zero-order chi connectivity index (χ0) is 10.8. The van der Waals surface area contributed by atoms with E-state index in [9.17, 15) is 4.79 Å². The number of likely N-dealkylation sites (tertiary alicyclic amines) is 1. The number of β-amino-alcohol motifs (C(OH)–C–C–N with tert-alkyl or cyclic N) is 1. The lowest BCUT2D eigenvalue weighted by Gasteiger charge is -2.35. The normalized spacial score (nSPS) is 16.2. The minimum atomic E-state index is -0.338. The van der Waals surface area contributed by atoms with Crippen LogP contribution in [0.2, 0.25) is 0 Å².